The fraction of sp³-hybridized carbons (Fsp3) is 0.550. The zero-order valence-corrected chi connectivity index (χ0v) is 17.5. The highest BCUT2D eigenvalue weighted by molar-refractivity contribution is 5.76. The first-order valence-electron chi connectivity index (χ1n) is 10.2. The van der Waals surface area contributed by atoms with Gasteiger partial charge in [-0.15, -0.1) is 5.10 Å². The largest absolute Gasteiger partial charge is 0.378 e. The molecule has 2 aromatic rings. The number of morpholine rings is 1. The quantitative estimate of drug-likeness (QED) is 0.682. The van der Waals surface area contributed by atoms with E-state index in [9.17, 15) is 9.59 Å². The van der Waals surface area contributed by atoms with Crippen LogP contribution in [-0.2, 0) is 16.1 Å². The second-order valence-electron chi connectivity index (χ2n) is 7.63. The minimum absolute atomic E-state index is 0.0188. The number of aromatic nitrogens is 4. The number of carbonyl (C=O) groups is 1. The Labute approximate surface area is 175 Å². The van der Waals surface area contributed by atoms with Crippen molar-refractivity contribution in [1.82, 2.24) is 24.6 Å². The van der Waals surface area contributed by atoms with Gasteiger partial charge in [0.25, 0.3) is 5.56 Å². The number of hydrogen-bond acceptors (Lipinski definition) is 8. The minimum Gasteiger partial charge on any atom is -0.378 e. The van der Waals surface area contributed by atoms with Gasteiger partial charge in [-0.25, -0.2) is 4.98 Å². The highest BCUT2D eigenvalue weighted by Crippen LogP contribution is 2.21. The lowest BCUT2D eigenvalue weighted by Crippen LogP contribution is -2.50. The lowest BCUT2D eigenvalue weighted by atomic mass is 10.2. The second-order valence-corrected chi connectivity index (χ2v) is 7.63. The zero-order chi connectivity index (χ0) is 21.1. The molecule has 2 aliphatic rings. The number of rotatable bonds is 4. The highest BCUT2D eigenvalue weighted by Gasteiger charge is 2.23. The third-order valence-electron chi connectivity index (χ3n) is 5.78. The van der Waals surface area contributed by atoms with Crippen LogP contribution in [0.4, 0.5) is 11.5 Å². The Balaban J connectivity index is 1.36. The number of piperazine rings is 1. The summed E-state index contributed by atoms with van der Waals surface area (Å²) < 4.78 is 6.79. The molecule has 10 heteroatoms. The van der Waals surface area contributed by atoms with Crippen molar-refractivity contribution in [3.63, 3.8) is 0 Å². The number of hydrogen-bond donors (Lipinski definition) is 0. The van der Waals surface area contributed by atoms with E-state index >= 15 is 0 Å². The smallest absolute Gasteiger partial charge is 0.256 e. The molecule has 0 radical (unpaired) electrons. The van der Waals surface area contributed by atoms with E-state index in [1.54, 1.807) is 24.9 Å². The van der Waals surface area contributed by atoms with Crippen LogP contribution in [0, 0.1) is 13.8 Å². The number of amides is 1. The number of ether oxygens (including phenoxy) is 1. The van der Waals surface area contributed by atoms with Crippen molar-refractivity contribution in [3.8, 4) is 0 Å². The van der Waals surface area contributed by atoms with Crippen LogP contribution >= 0.6 is 0 Å². The van der Waals surface area contributed by atoms with Crippen molar-refractivity contribution in [2.24, 2.45) is 0 Å². The maximum atomic E-state index is 12.7. The predicted molar refractivity (Wildman–Crippen MR) is 112 cm³/mol. The van der Waals surface area contributed by atoms with Gasteiger partial charge >= 0.3 is 0 Å². The summed E-state index contributed by atoms with van der Waals surface area (Å²) in [6.45, 7) is 9.18. The van der Waals surface area contributed by atoms with Gasteiger partial charge in [0.05, 0.1) is 31.4 Å². The maximum Gasteiger partial charge on any atom is 0.256 e. The van der Waals surface area contributed by atoms with Gasteiger partial charge in [0.1, 0.15) is 6.54 Å². The first kappa shape index (κ1) is 20.3. The number of anilines is 2. The molecule has 10 nitrogen and oxygen atoms in total. The molecule has 0 atom stereocenters. The third kappa shape index (κ3) is 4.28. The Morgan fingerprint density at radius 1 is 1.07 bits per heavy atom. The van der Waals surface area contributed by atoms with Gasteiger partial charge in [-0.2, -0.15) is 5.10 Å². The standard InChI is InChI=1S/C20H27N7O3/c1-15-16(2)21-14-27(20(15)29)13-19(28)26-5-3-24(4-6-26)17-11-18(23-22-12-17)25-7-9-30-10-8-25/h11-12,14H,3-10,13H2,1-2H3. The maximum absolute atomic E-state index is 12.7. The first-order valence-corrected chi connectivity index (χ1v) is 10.2. The summed E-state index contributed by atoms with van der Waals surface area (Å²) in [4.78, 5) is 35.4. The van der Waals surface area contributed by atoms with Crippen LogP contribution in [0.3, 0.4) is 0 Å². The van der Waals surface area contributed by atoms with Crippen molar-refractivity contribution in [2.75, 3.05) is 62.3 Å². The molecule has 2 saturated heterocycles. The summed E-state index contributed by atoms with van der Waals surface area (Å²) >= 11 is 0. The van der Waals surface area contributed by atoms with Crippen LogP contribution in [0.15, 0.2) is 23.4 Å². The lowest BCUT2D eigenvalue weighted by Gasteiger charge is -2.36. The molecule has 0 spiro atoms. The average Bonchev–Trinajstić information content (AvgIpc) is 2.80. The Morgan fingerprint density at radius 3 is 2.53 bits per heavy atom. The van der Waals surface area contributed by atoms with E-state index in [2.05, 4.69) is 31.0 Å². The molecule has 0 unspecified atom stereocenters. The number of nitrogens with zero attached hydrogens (tertiary/aromatic N) is 7. The third-order valence-corrected chi connectivity index (χ3v) is 5.78. The molecule has 2 aromatic heterocycles. The van der Waals surface area contributed by atoms with Gasteiger partial charge in [0, 0.05) is 56.6 Å². The summed E-state index contributed by atoms with van der Waals surface area (Å²) in [7, 11) is 0. The van der Waals surface area contributed by atoms with Crippen molar-refractivity contribution < 1.29 is 9.53 Å². The topological polar surface area (TPSA) is 96.7 Å². The molecule has 2 aliphatic heterocycles. The van der Waals surface area contributed by atoms with E-state index in [0.717, 1.165) is 24.6 Å². The van der Waals surface area contributed by atoms with E-state index in [4.69, 9.17) is 4.74 Å². The summed E-state index contributed by atoms with van der Waals surface area (Å²) in [5.41, 5.74) is 2.12. The minimum atomic E-state index is -0.159. The molecule has 160 valence electrons. The Kier molecular flexibility index (Phi) is 5.93. The van der Waals surface area contributed by atoms with Crippen molar-refractivity contribution in [1.29, 1.82) is 0 Å². The molecule has 0 aromatic carbocycles. The predicted octanol–water partition coefficient (Wildman–Crippen LogP) is -0.164. The molecule has 30 heavy (non-hydrogen) atoms. The van der Waals surface area contributed by atoms with E-state index in [0.29, 0.717) is 50.7 Å². The highest BCUT2D eigenvalue weighted by atomic mass is 16.5. The first-order chi connectivity index (χ1) is 14.5. The monoisotopic (exact) mass is 413 g/mol. The van der Waals surface area contributed by atoms with Crippen LogP contribution in [-0.4, -0.2) is 83.0 Å². The van der Waals surface area contributed by atoms with Crippen molar-refractivity contribution in [3.05, 3.63) is 40.2 Å². The van der Waals surface area contributed by atoms with E-state index in [1.807, 2.05) is 0 Å². The lowest BCUT2D eigenvalue weighted by molar-refractivity contribution is -0.132. The zero-order valence-electron chi connectivity index (χ0n) is 17.5. The van der Waals surface area contributed by atoms with E-state index in [-0.39, 0.29) is 18.0 Å². The van der Waals surface area contributed by atoms with Gasteiger partial charge in [0.2, 0.25) is 5.91 Å². The van der Waals surface area contributed by atoms with Crippen LogP contribution in [0.5, 0.6) is 0 Å². The molecule has 4 rings (SSSR count). The Morgan fingerprint density at radius 2 is 1.80 bits per heavy atom. The summed E-state index contributed by atoms with van der Waals surface area (Å²) in [5, 5.41) is 8.43. The van der Waals surface area contributed by atoms with Crippen LogP contribution in [0.2, 0.25) is 0 Å². The molecule has 0 saturated carbocycles. The van der Waals surface area contributed by atoms with Crippen LogP contribution in [0.25, 0.3) is 0 Å². The molecular formula is C20H27N7O3. The van der Waals surface area contributed by atoms with Gasteiger partial charge in [-0.3, -0.25) is 14.2 Å². The van der Waals surface area contributed by atoms with Crippen molar-refractivity contribution in [2.45, 2.75) is 20.4 Å². The Bertz CT molecular complexity index is 963. The van der Waals surface area contributed by atoms with Gasteiger partial charge in [0.15, 0.2) is 5.82 Å². The molecule has 0 aliphatic carbocycles. The molecule has 2 fully saturated rings. The fourth-order valence-corrected chi connectivity index (χ4v) is 3.71. The van der Waals surface area contributed by atoms with Gasteiger partial charge in [-0.1, -0.05) is 0 Å². The molecular weight excluding hydrogens is 386 g/mol. The molecule has 0 bridgehead atoms. The van der Waals surface area contributed by atoms with E-state index in [1.165, 1.54) is 10.9 Å². The van der Waals surface area contributed by atoms with Crippen LogP contribution < -0.4 is 15.4 Å². The molecule has 0 N–H and O–H groups in total. The fourth-order valence-electron chi connectivity index (χ4n) is 3.71. The average molecular weight is 413 g/mol. The normalized spacial score (nSPS) is 17.3. The molecule has 4 heterocycles. The van der Waals surface area contributed by atoms with Crippen LogP contribution in [0.1, 0.15) is 11.3 Å². The Hall–Kier alpha value is -3.01. The van der Waals surface area contributed by atoms with Gasteiger partial charge < -0.3 is 19.4 Å². The van der Waals surface area contributed by atoms with Gasteiger partial charge in [-0.05, 0) is 13.8 Å². The summed E-state index contributed by atoms with van der Waals surface area (Å²) in [6.07, 6.45) is 3.22. The summed E-state index contributed by atoms with van der Waals surface area (Å²) in [6, 6.07) is 2.05. The molecule has 1 amide bonds. The SMILES string of the molecule is Cc1ncn(CC(=O)N2CCN(c3cnnc(N4CCOCC4)c3)CC2)c(=O)c1C. The number of aryl methyl sites for hydroxylation is 1. The second kappa shape index (κ2) is 8.78. The number of carbonyl (C=O) groups excluding carboxylic acids is 1. The van der Waals surface area contributed by atoms with Crippen molar-refractivity contribution >= 4 is 17.4 Å². The van der Waals surface area contributed by atoms with E-state index < -0.39 is 0 Å². The summed E-state index contributed by atoms with van der Waals surface area (Å²) in [5.74, 6) is 0.791.